The number of benzene rings is 1. The van der Waals surface area contributed by atoms with E-state index in [0.29, 0.717) is 11.4 Å². The number of anilines is 2. The SMILES string of the molecule is Nc1cccc(N)c1P(O)O. The first-order valence-corrected chi connectivity index (χ1v) is 4.19. The van der Waals surface area contributed by atoms with Crippen molar-refractivity contribution >= 4 is 25.1 Å². The van der Waals surface area contributed by atoms with Gasteiger partial charge in [0.2, 0.25) is 8.38 Å². The van der Waals surface area contributed by atoms with Crippen LogP contribution in [0, 0.1) is 0 Å². The Hall–Kier alpha value is -0.830. The Morgan fingerprint density at radius 2 is 1.55 bits per heavy atom. The summed E-state index contributed by atoms with van der Waals surface area (Å²) in [7, 11) is -2.19. The summed E-state index contributed by atoms with van der Waals surface area (Å²) in [4.78, 5) is 17.7. The molecule has 0 aliphatic rings. The fraction of sp³-hybridized carbons (Fsp3) is 0. The van der Waals surface area contributed by atoms with Crippen LogP contribution in [0.1, 0.15) is 0 Å². The van der Waals surface area contributed by atoms with Gasteiger partial charge in [-0.1, -0.05) is 6.07 Å². The Morgan fingerprint density at radius 1 is 1.09 bits per heavy atom. The Balaban J connectivity index is 3.21. The standard InChI is InChI=1S/C6H9N2O2P/c7-4-2-1-3-5(8)6(4)11(9)10/h1-3,9-10H,7-8H2. The van der Waals surface area contributed by atoms with Crippen molar-refractivity contribution < 1.29 is 9.79 Å². The lowest BCUT2D eigenvalue weighted by Gasteiger charge is -2.08. The van der Waals surface area contributed by atoms with Gasteiger partial charge in [-0.25, -0.2) is 0 Å². The van der Waals surface area contributed by atoms with Gasteiger partial charge in [0, 0.05) is 11.4 Å². The third kappa shape index (κ3) is 1.60. The maximum Gasteiger partial charge on any atom is 0.203 e. The van der Waals surface area contributed by atoms with Crippen molar-refractivity contribution in [2.75, 3.05) is 11.5 Å². The molecule has 6 N–H and O–H groups in total. The molecule has 60 valence electrons. The van der Waals surface area contributed by atoms with Crippen LogP contribution in [0.2, 0.25) is 0 Å². The quantitative estimate of drug-likeness (QED) is 0.348. The van der Waals surface area contributed by atoms with Crippen molar-refractivity contribution in [3.05, 3.63) is 18.2 Å². The van der Waals surface area contributed by atoms with Gasteiger partial charge in [0.25, 0.3) is 0 Å². The molecule has 1 aromatic rings. The Labute approximate surface area is 65.4 Å². The van der Waals surface area contributed by atoms with E-state index in [1.165, 1.54) is 0 Å². The maximum atomic E-state index is 8.85. The third-order valence-electron chi connectivity index (χ3n) is 1.30. The molecule has 0 atom stereocenters. The van der Waals surface area contributed by atoms with Gasteiger partial charge in [-0.2, -0.15) is 0 Å². The van der Waals surface area contributed by atoms with E-state index in [1.54, 1.807) is 18.2 Å². The summed E-state index contributed by atoms with van der Waals surface area (Å²) in [6.07, 6.45) is 0. The van der Waals surface area contributed by atoms with Crippen molar-refractivity contribution in [2.24, 2.45) is 0 Å². The summed E-state index contributed by atoms with van der Waals surface area (Å²) < 4.78 is 0. The highest BCUT2D eigenvalue weighted by atomic mass is 31.2. The van der Waals surface area contributed by atoms with Gasteiger partial charge in [0.05, 0.1) is 5.30 Å². The second-order valence-electron chi connectivity index (χ2n) is 2.07. The van der Waals surface area contributed by atoms with Crippen LogP contribution in [-0.4, -0.2) is 9.79 Å². The number of hydrogen-bond acceptors (Lipinski definition) is 4. The summed E-state index contributed by atoms with van der Waals surface area (Å²) in [5.41, 5.74) is 11.5. The molecule has 11 heavy (non-hydrogen) atoms. The predicted octanol–water partition coefficient (Wildman–Crippen LogP) is -0.227. The van der Waals surface area contributed by atoms with Crippen LogP contribution < -0.4 is 16.8 Å². The second kappa shape index (κ2) is 3.05. The highest BCUT2D eigenvalue weighted by Crippen LogP contribution is 2.28. The lowest BCUT2D eigenvalue weighted by molar-refractivity contribution is 0.497. The van der Waals surface area contributed by atoms with E-state index >= 15 is 0 Å². The van der Waals surface area contributed by atoms with Crippen LogP contribution in [0.25, 0.3) is 0 Å². The average Bonchev–Trinajstić information content (AvgIpc) is 1.85. The molecule has 0 radical (unpaired) electrons. The molecule has 4 nitrogen and oxygen atoms in total. The number of hydrogen-bond donors (Lipinski definition) is 4. The van der Waals surface area contributed by atoms with Gasteiger partial charge in [0.1, 0.15) is 0 Å². The molecule has 0 aliphatic heterocycles. The Kier molecular flexibility index (Phi) is 2.29. The summed E-state index contributed by atoms with van der Waals surface area (Å²) in [6, 6.07) is 4.81. The van der Waals surface area contributed by atoms with Gasteiger partial charge in [0.15, 0.2) is 0 Å². The van der Waals surface area contributed by atoms with Crippen molar-refractivity contribution in [2.45, 2.75) is 0 Å². The minimum atomic E-state index is -2.19. The molecule has 5 heteroatoms. The first kappa shape index (κ1) is 8.27. The van der Waals surface area contributed by atoms with E-state index in [-0.39, 0.29) is 5.30 Å². The molecule has 0 unspecified atom stereocenters. The van der Waals surface area contributed by atoms with E-state index in [4.69, 9.17) is 21.3 Å². The number of nitrogens with two attached hydrogens (primary N) is 2. The average molecular weight is 172 g/mol. The molecule has 0 spiro atoms. The topological polar surface area (TPSA) is 92.5 Å². The summed E-state index contributed by atoms with van der Waals surface area (Å²) in [5.74, 6) is 0. The molecular formula is C6H9N2O2P. The summed E-state index contributed by atoms with van der Waals surface area (Å²) in [6.45, 7) is 0. The van der Waals surface area contributed by atoms with E-state index in [2.05, 4.69) is 0 Å². The van der Waals surface area contributed by atoms with Crippen LogP contribution in [-0.2, 0) is 0 Å². The zero-order valence-electron chi connectivity index (χ0n) is 5.73. The first-order chi connectivity index (χ1) is 5.13. The minimum Gasteiger partial charge on any atom is -0.398 e. The fourth-order valence-electron chi connectivity index (χ4n) is 0.811. The van der Waals surface area contributed by atoms with Crippen molar-refractivity contribution in [1.82, 2.24) is 0 Å². The maximum absolute atomic E-state index is 8.85. The molecule has 1 aromatic carbocycles. The highest BCUT2D eigenvalue weighted by Gasteiger charge is 2.11. The molecule has 0 aliphatic carbocycles. The first-order valence-electron chi connectivity index (χ1n) is 2.94. The molecular weight excluding hydrogens is 163 g/mol. The zero-order chi connectivity index (χ0) is 8.43. The van der Waals surface area contributed by atoms with Crippen molar-refractivity contribution in [3.63, 3.8) is 0 Å². The summed E-state index contributed by atoms with van der Waals surface area (Å²) >= 11 is 0. The van der Waals surface area contributed by atoms with E-state index < -0.39 is 8.38 Å². The normalized spacial score (nSPS) is 10.5. The molecule has 1 rings (SSSR count). The monoisotopic (exact) mass is 172 g/mol. The van der Waals surface area contributed by atoms with Gasteiger partial charge in [-0.15, -0.1) is 0 Å². The van der Waals surface area contributed by atoms with Gasteiger partial charge < -0.3 is 21.3 Å². The van der Waals surface area contributed by atoms with Crippen LogP contribution in [0.4, 0.5) is 11.4 Å². The van der Waals surface area contributed by atoms with Gasteiger partial charge >= 0.3 is 0 Å². The Bertz CT molecular complexity index is 245. The van der Waals surface area contributed by atoms with E-state index in [1.807, 2.05) is 0 Å². The molecule has 0 bridgehead atoms. The largest absolute Gasteiger partial charge is 0.398 e. The zero-order valence-corrected chi connectivity index (χ0v) is 6.62. The fourth-order valence-corrected chi connectivity index (χ4v) is 1.42. The van der Waals surface area contributed by atoms with Crippen LogP contribution in [0.5, 0.6) is 0 Å². The molecule has 0 heterocycles. The molecule has 0 saturated heterocycles. The molecule has 0 fully saturated rings. The van der Waals surface area contributed by atoms with Gasteiger partial charge in [-0.3, -0.25) is 0 Å². The van der Waals surface area contributed by atoms with Crippen LogP contribution in [0.15, 0.2) is 18.2 Å². The summed E-state index contributed by atoms with van der Waals surface area (Å²) in [5, 5.41) is 0.238. The van der Waals surface area contributed by atoms with E-state index in [0.717, 1.165) is 0 Å². The molecule has 0 aromatic heterocycles. The van der Waals surface area contributed by atoms with Gasteiger partial charge in [-0.05, 0) is 12.1 Å². The van der Waals surface area contributed by atoms with Crippen molar-refractivity contribution in [3.8, 4) is 0 Å². The third-order valence-corrected chi connectivity index (χ3v) is 2.21. The van der Waals surface area contributed by atoms with Crippen LogP contribution >= 0.6 is 8.38 Å². The number of rotatable bonds is 1. The second-order valence-corrected chi connectivity index (χ2v) is 3.10. The highest BCUT2D eigenvalue weighted by molar-refractivity contribution is 7.54. The minimum absolute atomic E-state index is 0.238. The smallest absolute Gasteiger partial charge is 0.203 e. The molecule has 0 saturated carbocycles. The Morgan fingerprint density at radius 3 is 1.82 bits per heavy atom. The van der Waals surface area contributed by atoms with Crippen LogP contribution in [0.3, 0.4) is 0 Å². The lowest BCUT2D eigenvalue weighted by atomic mass is 10.3. The van der Waals surface area contributed by atoms with E-state index in [9.17, 15) is 0 Å². The molecule has 0 amide bonds. The van der Waals surface area contributed by atoms with Crippen molar-refractivity contribution in [1.29, 1.82) is 0 Å². The lowest BCUT2D eigenvalue weighted by Crippen LogP contribution is -2.12. The predicted molar refractivity (Wildman–Crippen MR) is 46.3 cm³/mol. The number of nitrogen functional groups attached to an aromatic ring is 2.